The van der Waals surface area contributed by atoms with Crippen molar-refractivity contribution in [3.63, 3.8) is 0 Å². The summed E-state index contributed by atoms with van der Waals surface area (Å²) in [6, 6.07) is 6.11. The van der Waals surface area contributed by atoms with Crippen LogP contribution in [0.2, 0.25) is 5.02 Å². The molecule has 1 amide bonds. The molecule has 0 atom stereocenters. The van der Waals surface area contributed by atoms with Gasteiger partial charge in [0.15, 0.2) is 5.16 Å². The van der Waals surface area contributed by atoms with Gasteiger partial charge >= 0.3 is 0 Å². The Hall–Kier alpha value is -1.68. The first-order valence-electron chi connectivity index (χ1n) is 9.16. The van der Waals surface area contributed by atoms with Crippen molar-refractivity contribution in [2.24, 2.45) is 0 Å². The molecule has 1 aliphatic heterocycles. The number of rotatable bonds is 5. The van der Waals surface area contributed by atoms with Crippen molar-refractivity contribution in [2.75, 3.05) is 31.9 Å². The lowest BCUT2D eigenvalue weighted by Crippen LogP contribution is -2.50. The second-order valence-electron chi connectivity index (χ2n) is 6.83. The van der Waals surface area contributed by atoms with Gasteiger partial charge < -0.3 is 4.90 Å². The van der Waals surface area contributed by atoms with Gasteiger partial charge in [0, 0.05) is 42.6 Å². The predicted molar refractivity (Wildman–Crippen MR) is 114 cm³/mol. The molecule has 0 bridgehead atoms. The number of carbonyl (C=O) groups is 1. The number of aromatic nitrogens is 2. The summed E-state index contributed by atoms with van der Waals surface area (Å²) in [6.07, 6.45) is 0. The van der Waals surface area contributed by atoms with Crippen LogP contribution in [0.3, 0.4) is 0 Å². The summed E-state index contributed by atoms with van der Waals surface area (Å²) in [5.74, 6) is 0.185. The van der Waals surface area contributed by atoms with E-state index in [0.29, 0.717) is 23.3 Å². The van der Waals surface area contributed by atoms with Gasteiger partial charge in [0.1, 0.15) is 0 Å². The van der Waals surface area contributed by atoms with Gasteiger partial charge in [-0.15, -0.1) is 0 Å². The molecule has 0 unspecified atom stereocenters. The quantitative estimate of drug-likeness (QED) is 0.510. The van der Waals surface area contributed by atoms with E-state index >= 15 is 0 Å². The van der Waals surface area contributed by atoms with Gasteiger partial charge in [0.25, 0.3) is 0 Å². The summed E-state index contributed by atoms with van der Waals surface area (Å²) in [5.41, 5.74) is 2.88. The fourth-order valence-corrected chi connectivity index (χ4v) is 5.34. The Balaban J connectivity index is 1.56. The number of aryl methyl sites for hydroxylation is 2. The van der Waals surface area contributed by atoms with E-state index in [1.165, 1.54) is 28.2 Å². The first kappa shape index (κ1) is 22.0. The molecule has 2 aromatic rings. The number of piperazine rings is 1. The third kappa shape index (κ3) is 5.09. The highest BCUT2D eigenvalue weighted by Crippen LogP contribution is 2.21. The molecule has 1 fully saturated rings. The van der Waals surface area contributed by atoms with E-state index in [9.17, 15) is 13.2 Å². The summed E-state index contributed by atoms with van der Waals surface area (Å²) in [5, 5.41) is 1.07. The van der Waals surface area contributed by atoms with Crippen molar-refractivity contribution in [1.82, 2.24) is 19.2 Å². The fraction of sp³-hybridized carbons (Fsp3) is 0.421. The van der Waals surface area contributed by atoms with Crippen molar-refractivity contribution in [3.8, 4) is 0 Å². The van der Waals surface area contributed by atoms with Crippen LogP contribution in [0, 0.1) is 20.8 Å². The number of sulfonamides is 1. The Morgan fingerprint density at radius 2 is 1.59 bits per heavy atom. The van der Waals surface area contributed by atoms with E-state index in [1.54, 1.807) is 17.0 Å². The maximum Gasteiger partial charge on any atom is 0.243 e. The predicted octanol–water partition coefficient (Wildman–Crippen LogP) is 2.68. The average Bonchev–Trinajstić information content (AvgIpc) is 2.70. The van der Waals surface area contributed by atoms with Gasteiger partial charge in [0.05, 0.1) is 10.6 Å². The zero-order chi connectivity index (χ0) is 21.2. The lowest BCUT2D eigenvalue weighted by atomic mass is 10.2. The molecule has 0 N–H and O–H groups in total. The first-order valence-corrected chi connectivity index (χ1v) is 12.0. The lowest BCUT2D eigenvalue weighted by molar-refractivity contribution is -0.129. The van der Waals surface area contributed by atoms with E-state index in [1.807, 2.05) is 20.8 Å². The molecule has 0 spiro atoms. The number of hydrogen-bond donors (Lipinski definition) is 0. The standard InChI is InChI=1S/C19H23ClN4O3S2/c1-13-14(2)21-19(22-15(13)3)28-12-18(25)23-8-10-24(11-9-23)29(26,27)17-6-4-16(20)5-7-17/h4-7H,8-12H2,1-3H3. The van der Waals surface area contributed by atoms with Crippen molar-refractivity contribution in [3.05, 3.63) is 46.2 Å². The lowest BCUT2D eigenvalue weighted by Gasteiger charge is -2.34. The van der Waals surface area contributed by atoms with Gasteiger partial charge in [-0.05, 0) is 50.6 Å². The maximum atomic E-state index is 12.7. The highest BCUT2D eigenvalue weighted by molar-refractivity contribution is 7.99. The van der Waals surface area contributed by atoms with Crippen LogP contribution < -0.4 is 0 Å². The second kappa shape index (κ2) is 8.99. The molecule has 10 heteroatoms. The van der Waals surface area contributed by atoms with Crippen LogP contribution in [0.1, 0.15) is 17.0 Å². The van der Waals surface area contributed by atoms with Crippen molar-refractivity contribution < 1.29 is 13.2 Å². The van der Waals surface area contributed by atoms with Crippen LogP contribution in [0.4, 0.5) is 0 Å². The summed E-state index contributed by atoms with van der Waals surface area (Å²) in [7, 11) is -3.59. The number of hydrogen-bond acceptors (Lipinski definition) is 6. The number of halogens is 1. The van der Waals surface area contributed by atoms with E-state index < -0.39 is 10.0 Å². The number of benzene rings is 1. The van der Waals surface area contributed by atoms with Crippen LogP contribution in [0.15, 0.2) is 34.3 Å². The minimum Gasteiger partial charge on any atom is -0.339 e. The van der Waals surface area contributed by atoms with Crippen LogP contribution in [0.25, 0.3) is 0 Å². The maximum absolute atomic E-state index is 12.7. The summed E-state index contributed by atoms with van der Waals surface area (Å²) in [6.45, 7) is 7.08. The highest BCUT2D eigenvalue weighted by Gasteiger charge is 2.30. The SMILES string of the molecule is Cc1nc(SCC(=O)N2CCN(S(=O)(=O)c3ccc(Cl)cc3)CC2)nc(C)c1C. The minimum absolute atomic E-state index is 0.0435. The Morgan fingerprint density at radius 1 is 1.03 bits per heavy atom. The van der Waals surface area contributed by atoms with Crippen LogP contribution in [-0.4, -0.2) is 65.4 Å². The molecule has 1 aromatic heterocycles. The molecular weight excluding hydrogens is 432 g/mol. The Labute approximate surface area is 180 Å². The molecule has 2 heterocycles. The van der Waals surface area contributed by atoms with Crippen LogP contribution in [0.5, 0.6) is 0 Å². The normalized spacial score (nSPS) is 15.5. The Kier molecular flexibility index (Phi) is 6.83. The van der Waals surface area contributed by atoms with E-state index in [4.69, 9.17) is 11.6 Å². The average molecular weight is 455 g/mol. The zero-order valence-corrected chi connectivity index (χ0v) is 18.9. The fourth-order valence-electron chi connectivity index (χ4n) is 2.96. The molecule has 1 aliphatic rings. The van der Waals surface area contributed by atoms with Gasteiger partial charge in [-0.2, -0.15) is 4.31 Å². The van der Waals surface area contributed by atoms with Gasteiger partial charge in [-0.25, -0.2) is 18.4 Å². The molecule has 1 saturated heterocycles. The van der Waals surface area contributed by atoms with Crippen molar-refractivity contribution >= 4 is 39.3 Å². The molecule has 29 heavy (non-hydrogen) atoms. The van der Waals surface area contributed by atoms with Gasteiger partial charge in [-0.1, -0.05) is 23.4 Å². The number of thioether (sulfide) groups is 1. The summed E-state index contributed by atoms with van der Waals surface area (Å²) in [4.78, 5) is 23.3. The molecule has 156 valence electrons. The topological polar surface area (TPSA) is 83.5 Å². The smallest absolute Gasteiger partial charge is 0.243 e. The Morgan fingerprint density at radius 3 is 2.14 bits per heavy atom. The second-order valence-corrected chi connectivity index (χ2v) is 10.1. The number of carbonyl (C=O) groups excluding carboxylic acids is 1. The molecule has 0 radical (unpaired) electrons. The number of amides is 1. The van der Waals surface area contributed by atoms with Crippen LogP contribution in [-0.2, 0) is 14.8 Å². The monoisotopic (exact) mass is 454 g/mol. The van der Waals surface area contributed by atoms with E-state index in [2.05, 4.69) is 9.97 Å². The first-order chi connectivity index (χ1) is 13.7. The number of nitrogens with zero attached hydrogens (tertiary/aromatic N) is 4. The molecule has 7 nitrogen and oxygen atoms in total. The van der Waals surface area contributed by atoms with E-state index in [-0.39, 0.29) is 29.6 Å². The largest absolute Gasteiger partial charge is 0.339 e. The molecule has 1 aromatic carbocycles. The molecule has 3 rings (SSSR count). The highest BCUT2D eigenvalue weighted by atomic mass is 35.5. The molecule has 0 saturated carbocycles. The third-order valence-electron chi connectivity index (χ3n) is 4.98. The summed E-state index contributed by atoms with van der Waals surface area (Å²) >= 11 is 7.14. The minimum atomic E-state index is -3.59. The van der Waals surface area contributed by atoms with Gasteiger partial charge in [0.2, 0.25) is 15.9 Å². The van der Waals surface area contributed by atoms with Crippen molar-refractivity contribution in [2.45, 2.75) is 30.8 Å². The van der Waals surface area contributed by atoms with Crippen molar-refractivity contribution in [1.29, 1.82) is 0 Å². The zero-order valence-electron chi connectivity index (χ0n) is 16.6. The van der Waals surface area contributed by atoms with E-state index in [0.717, 1.165) is 17.0 Å². The van der Waals surface area contributed by atoms with Crippen LogP contribution >= 0.6 is 23.4 Å². The Bertz CT molecular complexity index is 982. The molecule has 0 aliphatic carbocycles. The third-order valence-corrected chi connectivity index (χ3v) is 7.98. The van der Waals surface area contributed by atoms with Gasteiger partial charge in [-0.3, -0.25) is 4.79 Å². The molecular formula is C19H23ClN4O3S2. The summed E-state index contributed by atoms with van der Waals surface area (Å²) < 4.78 is 26.9.